The van der Waals surface area contributed by atoms with Gasteiger partial charge in [0.25, 0.3) is 0 Å². The fraction of sp³-hybridized carbons (Fsp3) is 0.462. The molecular weight excluding hydrogens is 384 g/mol. The summed E-state index contributed by atoms with van der Waals surface area (Å²) in [7, 11) is 0. The van der Waals surface area contributed by atoms with E-state index in [2.05, 4.69) is 49.0 Å². The van der Waals surface area contributed by atoms with Crippen molar-refractivity contribution in [1.29, 1.82) is 0 Å². The zero-order chi connectivity index (χ0) is 24.8. The molecule has 176 valence electrons. The molecule has 0 spiro atoms. The number of unbranched alkanes of at least 4 members (excludes halogenated alkanes) is 1. The molecule has 0 aliphatic carbocycles. The third-order valence-corrected chi connectivity index (χ3v) is 4.07. The van der Waals surface area contributed by atoms with Crippen LogP contribution >= 0.6 is 0 Å². The predicted molar refractivity (Wildman–Crippen MR) is 141 cm³/mol. The van der Waals surface area contributed by atoms with E-state index in [1.165, 1.54) is 19.2 Å². The Morgan fingerprint density at radius 1 is 1.16 bits per heavy atom. The molecule has 1 unspecified atom stereocenters. The van der Waals surface area contributed by atoms with Gasteiger partial charge in [-0.2, -0.15) is 0 Å². The van der Waals surface area contributed by atoms with Gasteiger partial charge in [-0.05, 0) is 51.1 Å². The molecule has 5 heteroatoms. The molecule has 31 heavy (non-hydrogen) atoms. The molecule has 0 aromatic heterocycles. The van der Waals surface area contributed by atoms with Crippen LogP contribution in [0, 0.1) is 0 Å². The normalized spacial score (nSPS) is 13.8. The number of hydrogen-bond donors (Lipinski definition) is 3. The first-order chi connectivity index (χ1) is 14.8. The molecule has 0 heterocycles. The minimum absolute atomic E-state index is 0.552. The zero-order valence-corrected chi connectivity index (χ0v) is 21.1. The fourth-order valence-corrected chi connectivity index (χ4v) is 2.07. The topological polar surface area (TPSA) is 83.0 Å². The van der Waals surface area contributed by atoms with Gasteiger partial charge in [-0.25, -0.2) is 9.98 Å². The largest absolute Gasteiger partial charge is 0.390 e. The van der Waals surface area contributed by atoms with Crippen LogP contribution in [0.5, 0.6) is 0 Å². The lowest BCUT2D eigenvalue weighted by Crippen LogP contribution is -2.15. The van der Waals surface area contributed by atoms with E-state index in [1.807, 2.05) is 53.7 Å². The van der Waals surface area contributed by atoms with Crippen LogP contribution in [-0.4, -0.2) is 24.3 Å². The number of hydrogen-bond acceptors (Lipinski definition) is 4. The van der Waals surface area contributed by atoms with Crippen LogP contribution in [0.25, 0.3) is 0 Å². The highest BCUT2D eigenvalue weighted by molar-refractivity contribution is 5.56. The predicted octanol–water partition coefficient (Wildman–Crippen LogP) is 6.57. The first-order valence-corrected chi connectivity index (χ1v) is 11.0. The van der Waals surface area contributed by atoms with Gasteiger partial charge < -0.3 is 16.2 Å². The lowest BCUT2D eigenvalue weighted by Gasteiger charge is -2.16. The van der Waals surface area contributed by atoms with Gasteiger partial charge in [0.15, 0.2) is 0 Å². The maximum atomic E-state index is 9.87. The Morgan fingerprint density at radius 2 is 1.71 bits per heavy atom. The Morgan fingerprint density at radius 3 is 2.06 bits per heavy atom. The summed E-state index contributed by atoms with van der Waals surface area (Å²) in [5, 5.41) is 13.1. The van der Waals surface area contributed by atoms with Gasteiger partial charge >= 0.3 is 0 Å². The summed E-state index contributed by atoms with van der Waals surface area (Å²) in [6.45, 7) is 27.2. The lowest BCUT2D eigenvalue weighted by atomic mass is 10.0. The van der Waals surface area contributed by atoms with Crippen molar-refractivity contribution in [3.63, 3.8) is 0 Å². The molecule has 0 saturated heterocycles. The van der Waals surface area contributed by atoms with Crippen molar-refractivity contribution >= 4 is 13.1 Å². The van der Waals surface area contributed by atoms with Crippen LogP contribution in [0.1, 0.15) is 74.7 Å². The Labute approximate surface area is 191 Å². The molecule has 0 aromatic carbocycles. The standard InChI is InChI=1S/C20H30N4O.C4H10.C2H6/c1-8-11-18(23-13-21)16(6)20(22-7)24-17(9-2)14(4)12-15(5)19(25)10-3;1-3-4-2;1-2/h8-9,11-13,19,24-25H,1,5,7,10H2,2-4,6H3,(H2,21,23);3-4H2,1-2H3;1-2H3/b14-12-,17-9+,18-11-,20-16-;;. The van der Waals surface area contributed by atoms with E-state index < -0.39 is 6.10 Å². The number of allylic oxidation sites excluding steroid dienone is 5. The summed E-state index contributed by atoms with van der Waals surface area (Å²) in [5.74, 6) is 0.557. The van der Waals surface area contributed by atoms with Gasteiger partial charge in [0, 0.05) is 11.3 Å². The molecule has 0 bridgehead atoms. The molecule has 0 aromatic rings. The van der Waals surface area contributed by atoms with Crippen molar-refractivity contribution in [1.82, 2.24) is 5.32 Å². The molecular formula is C26H46N4O. The molecule has 0 amide bonds. The number of nitrogens with two attached hydrogens (primary N) is 1. The van der Waals surface area contributed by atoms with Gasteiger partial charge in [0.1, 0.15) is 5.82 Å². The summed E-state index contributed by atoms with van der Waals surface area (Å²) < 4.78 is 0. The number of aliphatic imine (C=N–C) groups is 2. The van der Waals surface area contributed by atoms with Crippen molar-refractivity contribution in [2.45, 2.75) is 80.8 Å². The number of nitrogens with one attached hydrogen (secondary N) is 1. The Kier molecular flexibility index (Phi) is 23.4. The average Bonchev–Trinajstić information content (AvgIpc) is 2.79. The second kappa shape index (κ2) is 22.0. The maximum absolute atomic E-state index is 9.87. The van der Waals surface area contributed by atoms with Crippen LogP contribution in [0.15, 0.2) is 81.4 Å². The van der Waals surface area contributed by atoms with Crippen LogP contribution in [0.4, 0.5) is 0 Å². The number of rotatable bonds is 11. The Balaban J connectivity index is -0.00000116. The molecule has 0 rings (SSSR count). The highest BCUT2D eigenvalue weighted by atomic mass is 16.3. The summed E-state index contributed by atoms with van der Waals surface area (Å²) in [6, 6.07) is 0. The molecule has 0 radical (unpaired) electrons. The summed E-state index contributed by atoms with van der Waals surface area (Å²) >= 11 is 0. The van der Waals surface area contributed by atoms with Crippen molar-refractivity contribution < 1.29 is 5.11 Å². The monoisotopic (exact) mass is 430 g/mol. The quantitative estimate of drug-likeness (QED) is 0.197. The molecule has 0 aliphatic rings. The number of aliphatic hydroxyl groups is 1. The van der Waals surface area contributed by atoms with Crippen molar-refractivity contribution in [2.75, 3.05) is 0 Å². The second-order valence-corrected chi connectivity index (χ2v) is 6.35. The highest BCUT2D eigenvalue weighted by Gasteiger charge is 2.10. The van der Waals surface area contributed by atoms with E-state index in [1.54, 1.807) is 12.2 Å². The SMILES string of the molecule is C=C/C=C(N=CN)/C(C)=C(/N=C)NC(=C/C)/C(C)=C\C(=C)C(O)CC.CC.CCCC. The number of aliphatic hydroxyl groups excluding tert-OH is 1. The Bertz CT molecular complexity index is 678. The van der Waals surface area contributed by atoms with Crippen molar-refractivity contribution in [2.24, 2.45) is 15.7 Å². The third kappa shape index (κ3) is 14.9. The molecule has 0 fully saturated rings. The minimum atomic E-state index is -0.552. The highest BCUT2D eigenvalue weighted by Crippen LogP contribution is 2.19. The van der Waals surface area contributed by atoms with Crippen LogP contribution < -0.4 is 11.1 Å². The second-order valence-electron chi connectivity index (χ2n) is 6.35. The van der Waals surface area contributed by atoms with Gasteiger partial charge in [-0.1, -0.05) is 78.8 Å². The van der Waals surface area contributed by atoms with E-state index in [9.17, 15) is 5.11 Å². The first-order valence-electron chi connectivity index (χ1n) is 11.0. The van der Waals surface area contributed by atoms with Gasteiger partial charge in [-0.3, -0.25) is 0 Å². The summed E-state index contributed by atoms with van der Waals surface area (Å²) in [4.78, 5) is 8.18. The van der Waals surface area contributed by atoms with Crippen LogP contribution in [0.2, 0.25) is 0 Å². The molecule has 0 saturated carbocycles. The van der Waals surface area contributed by atoms with E-state index in [0.717, 1.165) is 16.8 Å². The van der Waals surface area contributed by atoms with Crippen LogP contribution in [0.3, 0.4) is 0 Å². The van der Waals surface area contributed by atoms with E-state index in [-0.39, 0.29) is 0 Å². The minimum Gasteiger partial charge on any atom is -0.390 e. The summed E-state index contributed by atoms with van der Waals surface area (Å²) in [5.41, 5.74) is 9.23. The maximum Gasteiger partial charge on any atom is 0.134 e. The van der Waals surface area contributed by atoms with Gasteiger partial charge in [-0.15, -0.1) is 0 Å². The van der Waals surface area contributed by atoms with Gasteiger partial charge in [0.2, 0.25) is 0 Å². The molecule has 1 atom stereocenters. The van der Waals surface area contributed by atoms with E-state index in [4.69, 9.17) is 5.73 Å². The molecule has 0 aliphatic heterocycles. The number of nitrogens with zero attached hydrogens (tertiary/aromatic N) is 2. The van der Waals surface area contributed by atoms with E-state index >= 15 is 0 Å². The average molecular weight is 431 g/mol. The first kappa shape index (κ1) is 33.0. The smallest absolute Gasteiger partial charge is 0.134 e. The zero-order valence-electron chi connectivity index (χ0n) is 21.1. The van der Waals surface area contributed by atoms with Crippen LogP contribution in [-0.2, 0) is 0 Å². The third-order valence-electron chi connectivity index (χ3n) is 4.07. The van der Waals surface area contributed by atoms with Crippen molar-refractivity contribution in [3.05, 3.63) is 71.4 Å². The van der Waals surface area contributed by atoms with Crippen molar-refractivity contribution in [3.8, 4) is 0 Å². The Hall–Kier alpha value is -2.66. The summed E-state index contributed by atoms with van der Waals surface area (Å²) in [6.07, 6.45) is 11.1. The fourth-order valence-electron chi connectivity index (χ4n) is 2.07. The molecule has 5 nitrogen and oxygen atoms in total. The lowest BCUT2D eigenvalue weighted by molar-refractivity contribution is 0.211. The van der Waals surface area contributed by atoms with Gasteiger partial charge in [0.05, 0.1) is 18.1 Å². The van der Waals surface area contributed by atoms with E-state index in [0.29, 0.717) is 23.5 Å². The molecule has 4 N–H and O–H groups in total.